The fraction of sp³-hybridized carbons (Fsp3) is 0.296. The van der Waals surface area contributed by atoms with Gasteiger partial charge in [0.05, 0.1) is 17.8 Å². The third kappa shape index (κ3) is 6.89. The molecule has 3 aromatic rings. The molecule has 1 N–H and O–H groups in total. The Hall–Kier alpha value is -3.29. The summed E-state index contributed by atoms with van der Waals surface area (Å²) in [5.41, 5.74) is 2.02. The highest BCUT2D eigenvalue weighted by atomic mass is 35.5. The SMILES string of the molecule is COc1ccc(C(=O)N(CC(=O)N2CCC(CNc3ccncc3)CC2)c2ccccc2Cl)cc1.Cl. The zero-order chi connectivity index (χ0) is 24.6. The van der Waals surface area contributed by atoms with Crippen LogP contribution in [0, 0.1) is 5.92 Å². The van der Waals surface area contributed by atoms with Crippen LogP contribution >= 0.6 is 24.0 Å². The van der Waals surface area contributed by atoms with Gasteiger partial charge in [-0.05, 0) is 67.3 Å². The number of likely N-dealkylation sites (tertiary alicyclic amines) is 1. The summed E-state index contributed by atoms with van der Waals surface area (Å²) in [6.45, 7) is 2.10. The van der Waals surface area contributed by atoms with Gasteiger partial charge in [0.2, 0.25) is 5.91 Å². The number of amides is 2. The molecular formula is C27H30Cl2N4O3. The summed E-state index contributed by atoms with van der Waals surface area (Å²) in [4.78, 5) is 34.0. The number of methoxy groups -OCH3 is 1. The molecule has 1 aliphatic heterocycles. The van der Waals surface area contributed by atoms with Crippen LogP contribution in [0.15, 0.2) is 73.1 Å². The summed E-state index contributed by atoms with van der Waals surface area (Å²) >= 11 is 6.42. The number of hydrogen-bond acceptors (Lipinski definition) is 5. The Morgan fingerprint density at radius 2 is 1.72 bits per heavy atom. The van der Waals surface area contributed by atoms with E-state index in [-0.39, 0.29) is 30.8 Å². The lowest BCUT2D eigenvalue weighted by Crippen LogP contribution is -2.46. The van der Waals surface area contributed by atoms with E-state index in [1.54, 1.807) is 68.0 Å². The third-order valence-corrected chi connectivity index (χ3v) is 6.58. The molecular weight excluding hydrogens is 499 g/mol. The monoisotopic (exact) mass is 528 g/mol. The number of carbonyl (C=O) groups excluding carboxylic acids is 2. The summed E-state index contributed by atoms with van der Waals surface area (Å²) in [6.07, 6.45) is 5.34. The zero-order valence-electron chi connectivity index (χ0n) is 20.1. The Morgan fingerprint density at radius 3 is 2.36 bits per heavy atom. The van der Waals surface area contributed by atoms with E-state index >= 15 is 0 Å². The quantitative estimate of drug-likeness (QED) is 0.436. The predicted molar refractivity (Wildman–Crippen MR) is 145 cm³/mol. The molecule has 7 nitrogen and oxygen atoms in total. The molecule has 1 saturated heterocycles. The Labute approximate surface area is 222 Å². The van der Waals surface area contributed by atoms with Gasteiger partial charge in [0, 0.05) is 43.3 Å². The molecule has 0 spiro atoms. The first-order chi connectivity index (χ1) is 17.0. The topological polar surface area (TPSA) is 74.8 Å². The smallest absolute Gasteiger partial charge is 0.258 e. The first kappa shape index (κ1) is 27.3. The molecule has 190 valence electrons. The Bertz CT molecular complexity index is 1140. The van der Waals surface area contributed by atoms with Gasteiger partial charge >= 0.3 is 0 Å². The fourth-order valence-corrected chi connectivity index (χ4v) is 4.42. The second-order valence-electron chi connectivity index (χ2n) is 8.51. The van der Waals surface area contributed by atoms with E-state index in [9.17, 15) is 9.59 Å². The van der Waals surface area contributed by atoms with Crippen LogP contribution in [0.3, 0.4) is 0 Å². The van der Waals surface area contributed by atoms with Gasteiger partial charge in [-0.2, -0.15) is 0 Å². The van der Waals surface area contributed by atoms with Gasteiger partial charge in [0.15, 0.2) is 0 Å². The molecule has 36 heavy (non-hydrogen) atoms. The van der Waals surface area contributed by atoms with Crippen molar-refractivity contribution in [2.75, 3.05) is 43.5 Å². The molecule has 0 bridgehead atoms. The number of anilines is 2. The number of rotatable bonds is 8. The number of ether oxygens (including phenoxy) is 1. The standard InChI is InChI=1S/C27H29ClN4O3.ClH/c1-35-23-8-6-21(7-9-23)27(34)32(25-5-3-2-4-24(25)28)19-26(33)31-16-12-20(13-17-31)18-30-22-10-14-29-15-11-22;/h2-11,14-15,20H,12-13,16-19H2,1H3,(H,29,30);1H. The summed E-state index contributed by atoms with van der Waals surface area (Å²) in [6, 6.07) is 17.8. The maximum atomic E-state index is 13.4. The van der Waals surface area contributed by atoms with Crippen LogP contribution in [0.5, 0.6) is 5.75 Å². The van der Waals surface area contributed by atoms with E-state index in [1.165, 1.54) is 4.90 Å². The Morgan fingerprint density at radius 1 is 1.06 bits per heavy atom. The second-order valence-corrected chi connectivity index (χ2v) is 8.92. The van der Waals surface area contributed by atoms with Crippen LogP contribution in [0.25, 0.3) is 0 Å². The van der Waals surface area contributed by atoms with Crippen LogP contribution in [0.4, 0.5) is 11.4 Å². The van der Waals surface area contributed by atoms with Crippen molar-refractivity contribution in [2.24, 2.45) is 5.92 Å². The fourth-order valence-electron chi connectivity index (χ4n) is 4.18. The molecule has 2 amide bonds. The zero-order valence-corrected chi connectivity index (χ0v) is 21.7. The average Bonchev–Trinajstić information content (AvgIpc) is 2.91. The second kappa shape index (κ2) is 13.1. The van der Waals surface area contributed by atoms with Gasteiger partial charge < -0.3 is 15.0 Å². The molecule has 2 heterocycles. The molecule has 0 aliphatic carbocycles. The van der Waals surface area contributed by atoms with E-state index in [2.05, 4.69) is 10.3 Å². The lowest BCUT2D eigenvalue weighted by molar-refractivity contribution is -0.130. The van der Waals surface area contributed by atoms with Gasteiger partial charge in [-0.3, -0.25) is 19.5 Å². The van der Waals surface area contributed by atoms with Crippen molar-refractivity contribution < 1.29 is 14.3 Å². The van der Waals surface area contributed by atoms with E-state index in [1.807, 2.05) is 17.0 Å². The summed E-state index contributed by atoms with van der Waals surface area (Å²) in [5.74, 6) is 0.758. The summed E-state index contributed by atoms with van der Waals surface area (Å²) < 4.78 is 5.19. The van der Waals surface area contributed by atoms with Crippen molar-refractivity contribution in [2.45, 2.75) is 12.8 Å². The molecule has 9 heteroatoms. The minimum absolute atomic E-state index is 0. The minimum atomic E-state index is -0.287. The van der Waals surface area contributed by atoms with Crippen LogP contribution in [-0.4, -0.2) is 55.0 Å². The maximum Gasteiger partial charge on any atom is 0.258 e. The number of piperidine rings is 1. The normalized spacial score (nSPS) is 13.4. The van der Waals surface area contributed by atoms with E-state index < -0.39 is 0 Å². The van der Waals surface area contributed by atoms with Crippen molar-refractivity contribution in [1.82, 2.24) is 9.88 Å². The van der Waals surface area contributed by atoms with Crippen LogP contribution in [-0.2, 0) is 4.79 Å². The predicted octanol–water partition coefficient (Wildman–Crippen LogP) is 5.16. The number of aromatic nitrogens is 1. The molecule has 1 aliphatic rings. The Kier molecular flexibility index (Phi) is 9.96. The lowest BCUT2D eigenvalue weighted by atomic mass is 9.96. The van der Waals surface area contributed by atoms with Gasteiger partial charge in [0.25, 0.3) is 5.91 Å². The summed E-state index contributed by atoms with van der Waals surface area (Å²) in [7, 11) is 1.57. The van der Waals surface area contributed by atoms with E-state index in [0.717, 1.165) is 25.1 Å². The molecule has 0 unspecified atom stereocenters. The van der Waals surface area contributed by atoms with Crippen LogP contribution in [0.2, 0.25) is 5.02 Å². The van der Waals surface area contributed by atoms with Crippen LogP contribution < -0.4 is 15.0 Å². The molecule has 4 rings (SSSR count). The number of hydrogen-bond donors (Lipinski definition) is 1. The maximum absolute atomic E-state index is 13.4. The minimum Gasteiger partial charge on any atom is -0.497 e. The third-order valence-electron chi connectivity index (χ3n) is 6.26. The average molecular weight is 529 g/mol. The van der Waals surface area contributed by atoms with Gasteiger partial charge in [-0.15, -0.1) is 12.4 Å². The highest BCUT2D eigenvalue weighted by molar-refractivity contribution is 6.34. The molecule has 0 saturated carbocycles. The number of benzene rings is 2. The highest BCUT2D eigenvalue weighted by Gasteiger charge is 2.28. The molecule has 1 fully saturated rings. The summed E-state index contributed by atoms with van der Waals surface area (Å²) in [5, 5.41) is 3.86. The molecule has 0 radical (unpaired) electrons. The molecule has 0 atom stereocenters. The largest absolute Gasteiger partial charge is 0.497 e. The first-order valence-corrected chi connectivity index (χ1v) is 12.0. The van der Waals surface area contributed by atoms with Crippen molar-refractivity contribution in [3.63, 3.8) is 0 Å². The number of para-hydroxylation sites is 1. The van der Waals surface area contributed by atoms with E-state index in [0.29, 0.717) is 41.0 Å². The number of nitrogens with one attached hydrogen (secondary N) is 1. The number of nitrogens with zero attached hydrogens (tertiary/aromatic N) is 3. The van der Waals surface area contributed by atoms with Gasteiger partial charge in [0.1, 0.15) is 12.3 Å². The first-order valence-electron chi connectivity index (χ1n) is 11.7. The molecule has 1 aromatic heterocycles. The number of pyridine rings is 1. The van der Waals surface area contributed by atoms with E-state index in [4.69, 9.17) is 16.3 Å². The van der Waals surface area contributed by atoms with Crippen molar-refractivity contribution in [3.8, 4) is 5.75 Å². The van der Waals surface area contributed by atoms with Gasteiger partial charge in [-0.1, -0.05) is 23.7 Å². The van der Waals surface area contributed by atoms with Crippen molar-refractivity contribution in [3.05, 3.63) is 83.6 Å². The Balaban J connectivity index is 0.00000361. The molecule has 2 aromatic carbocycles. The van der Waals surface area contributed by atoms with Gasteiger partial charge in [-0.25, -0.2) is 0 Å². The lowest BCUT2D eigenvalue weighted by Gasteiger charge is -2.34. The van der Waals surface area contributed by atoms with Crippen molar-refractivity contribution >= 4 is 47.2 Å². The van der Waals surface area contributed by atoms with Crippen molar-refractivity contribution in [1.29, 1.82) is 0 Å². The highest BCUT2D eigenvalue weighted by Crippen LogP contribution is 2.28. The number of halogens is 2. The van der Waals surface area contributed by atoms with Crippen LogP contribution in [0.1, 0.15) is 23.2 Å². The number of carbonyl (C=O) groups is 2.